The second-order valence-corrected chi connectivity index (χ2v) is 10.3. The number of aliphatic imine (C=N–C) groups is 1. The van der Waals surface area contributed by atoms with Crippen molar-refractivity contribution in [1.82, 2.24) is 10.3 Å². The molecule has 0 aliphatic heterocycles. The number of carbonyl (C=O) groups excluding carboxylic acids is 1. The second kappa shape index (κ2) is 14.0. The maximum Gasteiger partial charge on any atom is 0.214 e. The van der Waals surface area contributed by atoms with Crippen molar-refractivity contribution >= 4 is 29.4 Å². The van der Waals surface area contributed by atoms with Crippen LogP contribution in [0.5, 0.6) is 5.88 Å². The zero-order valence-corrected chi connectivity index (χ0v) is 23.9. The van der Waals surface area contributed by atoms with Crippen LogP contribution in [0.3, 0.4) is 0 Å². The minimum Gasteiger partial charge on any atom is -0.481 e. The largest absolute Gasteiger partial charge is 0.481 e. The van der Waals surface area contributed by atoms with Gasteiger partial charge in [0.1, 0.15) is 5.82 Å². The van der Waals surface area contributed by atoms with Crippen molar-refractivity contribution in [3.05, 3.63) is 74.9 Å². The summed E-state index contributed by atoms with van der Waals surface area (Å²) in [4.78, 5) is 21.9. The number of allylic oxidation sites excluding steroid dienone is 2. The van der Waals surface area contributed by atoms with Crippen molar-refractivity contribution < 1.29 is 13.9 Å². The fourth-order valence-electron chi connectivity index (χ4n) is 3.60. The van der Waals surface area contributed by atoms with E-state index in [0.29, 0.717) is 35.1 Å². The first-order chi connectivity index (χ1) is 17.7. The van der Waals surface area contributed by atoms with Gasteiger partial charge in [0.15, 0.2) is 6.29 Å². The lowest BCUT2D eigenvalue weighted by Crippen LogP contribution is -2.14. The molecular weight excluding hydrogens is 485 g/mol. The lowest BCUT2D eigenvalue weighted by Gasteiger charge is -2.15. The van der Waals surface area contributed by atoms with Gasteiger partial charge in [-0.15, -0.1) is 11.3 Å². The number of rotatable bonds is 9. The van der Waals surface area contributed by atoms with E-state index in [-0.39, 0.29) is 11.2 Å². The Morgan fingerprint density at radius 2 is 1.81 bits per heavy atom. The first-order valence-electron chi connectivity index (χ1n) is 12.4. The fraction of sp³-hybridized carbons (Fsp3) is 0.367. The number of aldehydes is 1. The number of aromatic nitrogens is 1. The minimum atomic E-state index is -0.301. The highest BCUT2D eigenvalue weighted by Crippen LogP contribution is 2.32. The van der Waals surface area contributed by atoms with Crippen LogP contribution in [0.15, 0.2) is 47.5 Å². The van der Waals surface area contributed by atoms with Crippen LogP contribution in [0.4, 0.5) is 4.39 Å². The summed E-state index contributed by atoms with van der Waals surface area (Å²) in [5.74, 6) is 0.147. The van der Waals surface area contributed by atoms with Gasteiger partial charge in [0.2, 0.25) is 5.88 Å². The number of carbonyl (C=O) groups is 1. The van der Waals surface area contributed by atoms with E-state index in [9.17, 15) is 4.79 Å². The van der Waals surface area contributed by atoms with E-state index < -0.39 is 0 Å². The molecule has 0 bridgehead atoms. The van der Waals surface area contributed by atoms with Crippen molar-refractivity contribution in [3.63, 3.8) is 0 Å². The predicted molar refractivity (Wildman–Crippen MR) is 155 cm³/mol. The van der Waals surface area contributed by atoms with E-state index in [0.717, 1.165) is 33.4 Å². The van der Waals surface area contributed by atoms with Gasteiger partial charge in [-0.05, 0) is 47.2 Å². The van der Waals surface area contributed by atoms with Crippen molar-refractivity contribution in [2.75, 3.05) is 14.2 Å². The molecule has 7 heteroatoms. The van der Waals surface area contributed by atoms with E-state index >= 15 is 4.39 Å². The van der Waals surface area contributed by atoms with Crippen LogP contribution in [0.25, 0.3) is 16.7 Å². The number of ether oxygens (including phenoxy) is 1. The van der Waals surface area contributed by atoms with Crippen molar-refractivity contribution in [1.29, 1.82) is 0 Å². The summed E-state index contributed by atoms with van der Waals surface area (Å²) in [6.45, 7) is 13.1. The third-order valence-electron chi connectivity index (χ3n) is 5.59. The minimum absolute atomic E-state index is 0.0187. The van der Waals surface area contributed by atoms with Crippen LogP contribution in [0.2, 0.25) is 0 Å². The fourth-order valence-corrected chi connectivity index (χ4v) is 4.66. The highest BCUT2D eigenvalue weighted by molar-refractivity contribution is 7.14. The van der Waals surface area contributed by atoms with Crippen LogP contribution >= 0.6 is 11.3 Å². The smallest absolute Gasteiger partial charge is 0.214 e. The summed E-state index contributed by atoms with van der Waals surface area (Å²) in [5, 5.41) is 3.28. The topological polar surface area (TPSA) is 63.6 Å². The number of pyridine rings is 1. The van der Waals surface area contributed by atoms with Crippen LogP contribution in [0.1, 0.15) is 72.9 Å². The first kappa shape index (κ1) is 30.1. The summed E-state index contributed by atoms with van der Waals surface area (Å²) < 4.78 is 20.4. The normalized spacial score (nSPS) is 11.9. The maximum atomic E-state index is 15.0. The van der Waals surface area contributed by atoms with Crippen molar-refractivity contribution in [3.8, 4) is 17.0 Å². The monoisotopic (exact) mass is 523 g/mol. The van der Waals surface area contributed by atoms with Gasteiger partial charge in [-0.3, -0.25) is 9.79 Å². The number of thiophene rings is 1. The molecule has 3 aromatic rings. The number of hydrogen-bond acceptors (Lipinski definition) is 6. The quantitative estimate of drug-likeness (QED) is 0.233. The molecule has 0 fully saturated rings. The van der Waals surface area contributed by atoms with E-state index in [1.807, 2.05) is 39.0 Å². The highest BCUT2D eigenvalue weighted by atomic mass is 32.1. The molecule has 0 amide bonds. The Morgan fingerprint density at radius 3 is 2.38 bits per heavy atom. The standard InChI is InChI=1S/C28H32FN3O2S.C2H6/c1-7-18(14-30-5)24-11-21(13-27(32-24)34-6)19-8-9-20(23(29)10-19)15-31-16-22-12-26(28(2,3)4)35-25(22)17-33;1-2/h7-14,17,31H,15-16H2,1-6H3;1-2H3/b18-7+,30-14?;. The molecule has 0 aliphatic carbocycles. The Balaban J connectivity index is 0.00000235. The average Bonchev–Trinajstić information content (AvgIpc) is 3.33. The van der Waals surface area contributed by atoms with Gasteiger partial charge in [-0.25, -0.2) is 9.37 Å². The molecule has 0 saturated carbocycles. The zero-order valence-electron chi connectivity index (χ0n) is 23.1. The van der Waals surface area contributed by atoms with Gasteiger partial charge < -0.3 is 10.1 Å². The van der Waals surface area contributed by atoms with Gasteiger partial charge in [0.25, 0.3) is 0 Å². The molecule has 2 heterocycles. The Labute approximate surface area is 224 Å². The third kappa shape index (κ3) is 7.91. The van der Waals surface area contributed by atoms with Gasteiger partial charge in [-0.2, -0.15) is 0 Å². The number of hydrogen-bond donors (Lipinski definition) is 1. The SMILES string of the molecule is C/C=C(\C=NC)c1cc(-c2ccc(CNCc3cc(C(C)(C)C)sc3C=O)c(F)c2)cc(OC)n1.CC. The summed E-state index contributed by atoms with van der Waals surface area (Å²) in [7, 11) is 3.26. The molecular formula is C30H38FN3O2S. The molecule has 0 spiro atoms. The van der Waals surface area contributed by atoms with Crippen LogP contribution in [-0.2, 0) is 18.5 Å². The van der Waals surface area contributed by atoms with Gasteiger partial charge in [-0.1, -0.05) is 52.8 Å². The predicted octanol–water partition coefficient (Wildman–Crippen LogP) is 7.49. The summed E-state index contributed by atoms with van der Waals surface area (Å²) in [5.41, 5.74) is 4.57. The molecule has 5 nitrogen and oxygen atoms in total. The Kier molecular flexibility index (Phi) is 11.3. The lowest BCUT2D eigenvalue weighted by atomic mass is 9.94. The molecule has 198 valence electrons. The number of nitrogens with zero attached hydrogens (tertiary/aromatic N) is 2. The summed E-state index contributed by atoms with van der Waals surface area (Å²) >= 11 is 1.52. The molecule has 0 aliphatic rings. The Bertz CT molecular complexity index is 1260. The molecule has 0 unspecified atom stereocenters. The molecule has 3 rings (SSSR count). The number of benzene rings is 1. The van der Waals surface area contributed by atoms with Crippen molar-refractivity contribution in [2.45, 2.75) is 60.0 Å². The lowest BCUT2D eigenvalue weighted by molar-refractivity contribution is 0.112. The van der Waals surface area contributed by atoms with E-state index in [2.05, 4.69) is 42.1 Å². The molecule has 1 N–H and O–H groups in total. The van der Waals surface area contributed by atoms with Crippen LogP contribution in [0, 0.1) is 5.82 Å². The van der Waals surface area contributed by atoms with Crippen molar-refractivity contribution in [2.24, 2.45) is 4.99 Å². The highest BCUT2D eigenvalue weighted by Gasteiger charge is 2.19. The molecule has 37 heavy (non-hydrogen) atoms. The average molecular weight is 524 g/mol. The third-order valence-corrected chi connectivity index (χ3v) is 7.12. The molecule has 0 saturated heterocycles. The molecule has 0 radical (unpaired) electrons. The Morgan fingerprint density at radius 1 is 1.11 bits per heavy atom. The van der Waals surface area contributed by atoms with E-state index in [1.165, 1.54) is 17.4 Å². The number of methoxy groups -OCH3 is 1. The van der Waals surface area contributed by atoms with Crippen LogP contribution in [-0.4, -0.2) is 31.6 Å². The van der Waals surface area contributed by atoms with E-state index in [4.69, 9.17) is 4.74 Å². The van der Waals surface area contributed by atoms with Gasteiger partial charge >= 0.3 is 0 Å². The van der Waals surface area contributed by atoms with Gasteiger partial charge in [0, 0.05) is 48.4 Å². The van der Waals surface area contributed by atoms with Gasteiger partial charge in [0.05, 0.1) is 17.7 Å². The molecule has 2 aromatic heterocycles. The first-order valence-corrected chi connectivity index (χ1v) is 13.2. The second-order valence-electron chi connectivity index (χ2n) is 9.19. The van der Waals surface area contributed by atoms with Crippen LogP contribution < -0.4 is 10.1 Å². The molecule has 1 aromatic carbocycles. The summed E-state index contributed by atoms with van der Waals surface area (Å²) in [6.07, 6.45) is 4.55. The maximum absolute atomic E-state index is 15.0. The molecule has 0 atom stereocenters. The zero-order chi connectivity index (χ0) is 27.6. The van der Waals surface area contributed by atoms with E-state index in [1.54, 1.807) is 32.5 Å². The Hall–Kier alpha value is -3.16. The number of nitrogens with one attached hydrogen (secondary N) is 1. The summed E-state index contributed by atoms with van der Waals surface area (Å²) in [6, 6.07) is 11.0. The number of halogens is 1.